The zero-order valence-electron chi connectivity index (χ0n) is 9.43. The molecule has 3 aromatic rings. The molecule has 1 nitrogen and oxygen atoms in total. The van der Waals surface area contributed by atoms with Gasteiger partial charge >= 0.3 is 0 Å². The molecule has 1 heterocycles. The van der Waals surface area contributed by atoms with E-state index in [1.54, 1.807) is 0 Å². The van der Waals surface area contributed by atoms with Crippen molar-refractivity contribution in [3.63, 3.8) is 0 Å². The fraction of sp³-hybridized carbons (Fsp3) is 0.0667. The molecule has 2 aromatic carbocycles. The molecule has 0 amide bonds. The highest BCUT2D eigenvalue weighted by Gasteiger charge is 2.23. The van der Waals surface area contributed by atoms with Gasteiger partial charge in [0.15, 0.2) is 0 Å². The van der Waals surface area contributed by atoms with Gasteiger partial charge in [-0.15, -0.1) is 0 Å². The summed E-state index contributed by atoms with van der Waals surface area (Å²) in [4.78, 5) is 3.44. The van der Waals surface area contributed by atoms with Gasteiger partial charge in [-0.1, -0.05) is 41.4 Å². The van der Waals surface area contributed by atoms with Crippen molar-refractivity contribution >= 4 is 34.1 Å². The van der Waals surface area contributed by atoms with E-state index in [0.29, 0.717) is 0 Å². The van der Waals surface area contributed by atoms with E-state index in [-0.39, 0.29) is 0 Å². The fourth-order valence-corrected chi connectivity index (χ4v) is 3.21. The number of aromatic amines is 1. The molecule has 0 unspecified atom stereocenters. The molecule has 3 heteroatoms. The van der Waals surface area contributed by atoms with Crippen LogP contribution < -0.4 is 0 Å². The van der Waals surface area contributed by atoms with E-state index in [4.69, 9.17) is 23.2 Å². The van der Waals surface area contributed by atoms with Crippen LogP contribution in [0.3, 0.4) is 0 Å². The lowest BCUT2D eigenvalue weighted by molar-refractivity contribution is 1.29. The van der Waals surface area contributed by atoms with Gasteiger partial charge in [-0.05, 0) is 29.3 Å². The maximum Gasteiger partial charge on any atom is 0.0651 e. The summed E-state index contributed by atoms with van der Waals surface area (Å²) in [6.07, 6.45) is 0.922. The molecular formula is C15H9Cl2N. The summed E-state index contributed by atoms with van der Waals surface area (Å²) in [7, 11) is 0. The zero-order valence-corrected chi connectivity index (χ0v) is 10.9. The van der Waals surface area contributed by atoms with Crippen LogP contribution in [0, 0.1) is 0 Å². The van der Waals surface area contributed by atoms with Crippen LogP contribution in [0.2, 0.25) is 10.0 Å². The van der Waals surface area contributed by atoms with E-state index < -0.39 is 0 Å². The predicted octanol–water partition coefficient (Wildman–Crippen LogP) is 5.05. The van der Waals surface area contributed by atoms with Gasteiger partial charge < -0.3 is 4.98 Å². The van der Waals surface area contributed by atoms with E-state index in [2.05, 4.69) is 17.1 Å². The monoisotopic (exact) mass is 273 g/mol. The van der Waals surface area contributed by atoms with Crippen molar-refractivity contribution in [1.82, 2.24) is 4.98 Å². The average Bonchev–Trinajstić information content (AvgIpc) is 2.86. The van der Waals surface area contributed by atoms with Crippen LogP contribution in [-0.2, 0) is 6.42 Å². The van der Waals surface area contributed by atoms with Gasteiger partial charge in [0.25, 0.3) is 0 Å². The standard InChI is InChI=1S/C15H9Cl2N/c16-9-4-5-10-8(6-9)7-12-11-2-1-3-13(17)15(11)18-14(10)12/h1-6,18H,7H2. The lowest BCUT2D eigenvalue weighted by Crippen LogP contribution is -1.82. The third-order valence-corrected chi connectivity index (χ3v) is 4.14. The first-order chi connectivity index (χ1) is 8.74. The Kier molecular flexibility index (Phi) is 2.06. The van der Waals surface area contributed by atoms with Crippen LogP contribution in [0.5, 0.6) is 0 Å². The van der Waals surface area contributed by atoms with Crippen LogP contribution in [0.25, 0.3) is 22.2 Å². The number of aromatic nitrogens is 1. The largest absolute Gasteiger partial charge is 0.353 e. The third kappa shape index (κ3) is 1.29. The van der Waals surface area contributed by atoms with E-state index >= 15 is 0 Å². The van der Waals surface area contributed by atoms with Crippen LogP contribution in [0.1, 0.15) is 11.1 Å². The summed E-state index contributed by atoms with van der Waals surface area (Å²) in [6.45, 7) is 0. The summed E-state index contributed by atoms with van der Waals surface area (Å²) in [5.41, 5.74) is 6.06. The Morgan fingerprint density at radius 1 is 1.06 bits per heavy atom. The van der Waals surface area contributed by atoms with E-state index in [0.717, 1.165) is 22.0 Å². The molecule has 1 aliphatic rings. The third-order valence-electron chi connectivity index (χ3n) is 3.59. The number of H-pyrrole nitrogens is 1. The fourth-order valence-electron chi connectivity index (χ4n) is 2.79. The van der Waals surface area contributed by atoms with Crippen molar-refractivity contribution in [3.8, 4) is 11.3 Å². The van der Waals surface area contributed by atoms with Gasteiger partial charge in [0, 0.05) is 22.4 Å². The molecule has 88 valence electrons. The Hall–Kier alpha value is -1.44. The lowest BCUT2D eigenvalue weighted by atomic mass is 10.1. The molecule has 0 saturated carbocycles. The quantitative estimate of drug-likeness (QED) is 0.462. The second kappa shape index (κ2) is 3.53. The molecule has 0 bridgehead atoms. The van der Waals surface area contributed by atoms with Gasteiger partial charge in [0.2, 0.25) is 0 Å². The maximum atomic E-state index is 6.22. The van der Waals surface area contributed by atoms with Crippen molar-refractivity contribution in [3.05, 3.63) is 57.6 Å². The molecule has 0 spiro atoms. The molecule has 0 fully saturated rings. The molecule has 0 saturated heterocycles. The number of para-hydroxylation sites is 1. The maximum absolute atomic E-state index is 6.22. The highest BCUT2D eigenvalue weighted by atomic mass is 35.5. The minimum Gasteiger partial charge on any atom is -0.353 e. The van der Waals surface area contributed by atoms with E-state index in [1.807, 2.05) is 24.3 Å². The van der Waals surface area contributed by atoms with Gasteiger partial charge in [-0.3, -0.25) is 0 Å². The molecule has 1 N–H and O–H groups in total. The van der Waals surface area contributed by atoms with Crippen LogP contribution in [0.15, 0.2) is 36.4 Å². The number of halogens is 2. The second-order valence-corrected chi connectivity index (χ2v) is 5.46. The Labute approximate surface area is 114 Å². The first-order valence-electron chi connectivity index (χ1n) is 5.82. The Morgan fingerprint density at radius 2 is 1.94 bits per heavy atom. The number of hydrogen-bond donors (Lipinski definition) is 1. The molecule has 18 heavy (non-hydrogen) atoms. The Balaban J connectivity index is 2.07. The Morgan fingerprint density at radius 3 is 2.83 bits per heavy atom. The van der Waals surface area contributed by atoms with Crippen LogP contribution >= 0.6 is 23.2 Å². The molecule has 1 aromatic heterocycles. The van der Waals surface area contributed by atoms with Crippen molar-refractivity contribution in [2.24, 2.45) is 0 Å². The summed E-state index contributed by atoms with van der Waals surface area (Å²) >= 11 is 12.3. The number of nitrogens with one attached hydrogen (secondary N) is 1. The Bertz CT molecular complexity index is 787. The normalized spacial score (nSPS) is 12.8. The summed E-state index contributed by atoms with van der Waals surface area (Å²) in [5, 5.41) is 2.78. The van der Waals surface area contributed by atoms with Crippen molar-refractivity contribution in [2.45, 2.75) is 6.42 Å². The predicted molar refractivity (Wildman–Crippen MR) is 76.6 cm³/mol. The first-order valence-corrected chi connectivity index (χ1v) is 6.57. The number of fused-ring (bicyclic) bond motifs is 5. The van der Waals surface area contributed by atoms with Gasteiger partial charge in [-0.2, -0.15) is 0 Å². The number of rotatable bonds is 0. The van der Waals surface area contributed by atoms with Crippen LogP contribution in [0.4, 0.5) is 0 Å². The topological polar surface area (TPSA) is 15.8 Å². The van der Waals surface area contributed by atoms with Crippen LogP contribution in [-0.4, -0.2) is 4.98 Å². The van der Waals surface area contributed by atoms with Gasteiger partial charge in [-0.25, -0.2) is 0 Å². The SMILES string of the molecule is Clc1ccc2c(c1)Cc1c-2[nH]c2c(Cl)cccc12. The molecular weight excluding hydrogens is 265 g/mol. The molecule has 4 rings (SSSR count). The molecule has 0 atom stereocenters. The molecule has 0 aliphatic heterocycles. The highest BCUT2D eigenvalue weighted by Crippen LogP contribution is 2.42. The summed E-state index contributed by atoms with van der Waals surface area (Å²) in [6, 6.07) is 12.1. The van der Waals surface area contributed by atoms with Crippen molar-refractivity contribution < 1.29 is 0 Å². The van der Waals surface area contributed by atoms with Gasteiger partial charge in [0.05, 0.1) is 16.2 Å². The van der Waals surface area contributed by atoms with Crippen molar-refractivity contribution in [2.75, 3.05) is 0 Å². The smallest absolute Gasteiger partial charge is 0.0651 e. The molecule has 0 radical (unpaired) electrons. The van der Waals surface area contributed by atoms with E-state index in [9.17, 15) is 0 Å². The summed E-state index contributed by atoms with van der Waals surface area (Å²) < 4.78 is 0. The number of hydrogen-bond acceptors (Lipinski definition) is 0. The van der Waals surface area contributed by atoms with Gasteiger partial charge in [0.1, 0.15) is 0 Å². The summed E-state index contributed by atoms with van der Waals surface area (Å²) in [5.74, 6) is 0. The zero-order chi connectivity index (χ0) is 12.3. The highest BCUT2D eigenvalue weighted by molar-refractivity contribution is 6.35. The molecule has 1 aliphatic carbocycles. The minimum atomic E-state index is 0.775. The van der Waals surface area contributed by atoms with E-state index in [1.165, 1.54) is 27.8 Å². The first kappa shape index (κ1) is 10.5. The lowest BCUT2D eigenvalue weighted by Gasteiger charge is -2.01. The average molecular weight is 274 g/mol. The second-order valence-electron chi connectivity index (χ2n) is 4.62. The minimum absolute atomic E-state index is 0.775. The number of benzene rings is 2. The van der Waals surface area contributed by atoms with Crippen molar-refractivity contribution in [1.29, 1.82) is 0 Å².